The van der Waals surface area contributed by atoms with E-state index in [4.69, 9.17) is 10.5 Å². The molecule has 0 saturated heterocycles. The third-order valence-corrected chi connectivity index (χ3v) is 3.40. The SMILES string of the molecule is Cc1cc2c(Oc3ccc(C)c(F)c3)ccc(N)c2cn1. The number of hydrogen-bond donors (Lipinski definition) is 1. The van der Waals surface area contributed by atoms with Crippen molar-refractivity contribution < 1.29 is 9.13 Å². The third-order valence-electron chi connectivity index (χ3n) is 3.40. The van der Waals surface area contributed by atoms with Crippen LogP contribution in [0.25, 0.3) is 10.8 Å². The van der Waals surface area contributed by atoms with Crippen molar-refractivity contribution in [3.63, 3.8) is 0 Å². The summed E-state index contributed by atoms with van der Waals surface area (Å²) in [6.45, 7) is 3.62. The third kappa shape index (κ3) is 2.52. The van der Waals surface area contributed by atoms with Gasteiger partial charge in [-0.15, -0.1) is 0 Å². The van der Waals surface area contributed by atoms with Crippen LogP contribution in [0.4, 0.5) is 10.1 Å². The van der Waals surface area contributed by atoms with E-state index in [0.29, 0.717) is 22.7 Å². The van der Waals surface area contributed by atoms with Crippen molar-refractivity contribution in [2.24, 2.45) is 0 Å². The van der Waals surface area contributed by atoms with Crippen molar-refractivity contribution in [3.8, 4) is 11.5 Å². The van der Waals surface area contributed by atoms with Crippen molar-refractivity contribution in [1.29, 1.82) is 0 Å². The summed E-state index contributed by atoms with van der Waals surface area (Å²) in [6, 6.07) is 10.3. The number of aryl methyl sites for hydroxylation is 2. The monoisotopic (exact) mass is 282 g/mol. The van der Waals surface area contributed by atoms with E-state index >= 15 is 0 Å². The molecule has 0 bridgehead atoms. The zero-order valence-electron chi connectivity index (χ0n) is 11.9. The van der Waals surface area contributed by atoms with Gasteiger partial charge in [0.2, 0.25) is 0 Å². The molecule has 3 rings (SSSR count). The molecule has 0 aliphatic rings. The van der Waals surface area contributed by atoms with Gasteiger partial charge in [-0.05, 0) is 43.7 Å². The molecular formula is C17H15FN2O. The molecular weight excluding hydrogens is 267 g/mol. The van der Waals surface area contributed by atoms with Gasteiger partial charge in [-0.25, -0.2) is 4.39 Å². The highest BCUT2D eigenvalue weighted by molar-refractivity contribution is 5.96. The first-order valence-electron chi connectivity index (χ1n) is 6.63. The van der Waals surface area contributed by atoms with Crippen LogP contribution in [0.5, 0.6) is 11.5 Å². The fraction of sp³-hybridized carbons (Fsp3) is 0.118. The Morgan fingerprint density at radius 1 is 1.05 bits per heavy atom. The molecule has 0 unspecified atom stereocenters. The number of hydrogen-bond acceptors (Lipinski definition) is 3. The van der Waals surface area contributed by atoms with Crippen LogP contribution in [0.3, 0.4) is 0 Å². The minimum Gasteiger partial charge on any atom is -0.457 e. The highest BCUT2D eigenvalue weighted by Crippen LogP contribution is 2.33. The Labute approximate surface area is 122 Å². The summed E-state index contributed by atoms with van der Waals surface area (Å²) in [4.78, 5) is 4.25. The number of fused-ring (bicyclic) bond motifs is 1. The van der Waals surface area contributed by atoms with Gasteiger partial charge in [0, 0.05) is 34.4 Å². The van der Waals surface area contributed by atoms with Gasteiger partial charge in [0.25, 0.3) is 0 Å². The molecule has 0 aliphatic heterocycles. The largest absolute Gasteiger partial charge is 0.457 e. The minimum absolute atomic E-state index is 0.287. The number of anilines is 1. The van der Waals surface area contributed by atoms with Crippen molar-refractivity contribution >= 4 is 16.5 Å². The van der Waals surface area contributed by atoms with Gasteiger partial charge >= 0.3 is 0 Å². The molecule has 4 heteroatoms. The number of aromatic nitrogens is 1. The molecule has 3 nitrogen and oxygen atoms in total. The normalized spacial score (nSPS) is 10.8. The van der Waals surface area contributed by atoms with E-state index in [1.165, 1.54) is 6.07 Å². The van der Waals surface area contributed by atoms with Crippen molar-refractivity contribution in [2.75, 3.05) is 5.73 Å². The summed E-state index contributed by atoms with van der Waals surface area (Å²) in [5, 5.41) is 1.69. The Bertz CT molecular complexity index is 830. The van der Waals surface area contributed by atoms with Crippen LogP contribution in [-0.4, -0.2) is 4.98 Å². The fourth-order valence-corrected chi connectivity index (χ4v) is 2.19. The Balaban J connectivity index is 2.10. The van der Waals surface area contributed by atoms with Crippen molar-refractivity contribution in [3.05, 3.63) is 59.7 Å². The molecule has 21 heavy (non-hydrogen) atoms. The quantitative estimate of drug-likeness (QED) is 0.710. The average Bonchev–Trinajstić information content (AvgIpc) is 2.46. The van der Waals surface area contributed by atoms with Crippen molar-refractivity contribution in [1.82, 2.24) is 4.98 Å². The maximum absolute atomic E-state index is 13.6. The first kappa shape index (κ1) is 13.4. The van der Waals surface area contributed by atoms with Gasteiger partial charge in [-0.2, -0.15) is 0 Å². The minimum atomic E-state index is -0.287. The van der Waals surface area contributed by atoms with Crippen LogP contribution in [0.15, 0.2) is 42.6 Å². The molecule has 3 aromatic rings. The van der Waals surface area contributed by atoms with E-state index in [0.717, 1.165) is 16.5 Å². The first-order valence-corrected chi connectivity index (χ1v) is 6.63. The Morgan fingerprint density at radius 3 is 2.62 bits per heavy atom. The number of halogens is 1. The van der Waals surface area contributed by atoms with E-state index in [1.807, 2.05) is 13.0 Å². The topological polar surface area (TPSA) is 48.1 Å². The molecule has 1 aromatic heterocycles. The van der Waals surface area contributed by atoms with Gasteiger partial charge in [0.15, 0.2) is 0 Å². The summed E-state index contributed by atoms with van der Waals surface area (Å²) in [7, 11) is 0. The lowest BCUT2D eigenvalue weighted by Crippen LogP contribution is -1.93. The predicted octanol–water partition coefficient (Wildman–Crippen LogP) is 4.37. The van der Waals surface area contributed by atoms with Gasteiger partial charge in [-0.1, -0.05) is 6.07 Å². The second-order valence-electron chi connectivity index (χ2n) is 5.04. The number of benzene rings is 2. The lowest BCUT2D eigenvalue weighted by molar-refractivity contribution is 0.481. The maximum atomic E-state index is 13.6. The summed E-state index contributed by atoms with van der Waals surface area (Å²) in [6.07, 6.45) is 1.72. The smallest absolute Gasteiger partial charge is 0.135 e. The Morgan fingerprint density at radius 2 is 1.86 bits per heavy atom. The van der Waals surface area contributed by atoms with Gasteiger partial charge < -0.3 is 10.5 Å². The molecule has 0 fully saturated rings. The lowest BCUT2D eigenvalue weighted by Gasteiger charge is -2.11. The zero-order valence-corrected chi connectivity index (χ0v) is 11.9. The van der Waals surface area contributed by atoms with Crippen LogP contribution in [-0.2, 0) is 0 Å². The molecule has 0 aliphatic carbocycles. The number of pyridine rings is 1. The Kier molecular flexibility index (Phi) is 3.22. The maximum Gasteiger partial charge on any atom is 0.135 e. The molecule has 0 spiro atoms. The van der Waals surface area contributed by atoms with E-state index in [-0.39, 0.29) is 5.82 Å². The number of nitrogens with zero attached hydrogens (tertiary/aromatic N) is 1. The average molecular weight is 282 g/mol. The van der Waals surface area contributed by atoms with E-state index in [1.54, 1.807) is 37.4 Å². The lowest BCUT2D eigenvalue weighted by atomic mass is 10.1. The zero-order chi connectivity index (χ0) is 15.0. The molecule has 2 N–H and O–H groups in total. The van der Waals surface area contributed by atoms with Gasteiger partial charge in [0.05, 0.1) is 0 Å². The molecule has 0 saturated carbocycles. The van der Waals surface area contributed by atoms with Gasteiger partial charge in [0.1, 0.15) is 17.3 Å². The van der Waals surface area contributed by atoms with Crippen LogP contribution in [0.2, 0.25) is 0 Å². The molecule has 106 valence electrons. The number of nitrogen functional groups attached to an aromatic ring is 1. The molecule has 1 heterocycles. The van der Waals surface area contributed by atoms with Crippen molar-refractivity contribution in [2.45, 2.75) is 13.8 Å². The summed E-state index contributed by atoms with van der Waals surface area (Å²) < 4.78 is 19.4. The highest BCUT2D eigenvalue weighted by atomic mass is 19.1. The fourth-order valence-electron chi connectivity index (χ4n) is 2.19. The summed E-state index contributed by atoms with van der Waals surface area (Å²) >= 11 is 0. The first-order chi connectivity index (χ1) is 10.0. The number of rotatable bonds is 2. The Hall–Kier alpha value is -2.62. The van der Waals surface area contributed by atoms with E-state index in [9.17, 15) is 4.39 Å². The second kappa shape index (κ2) is 5.05. The van der Waals surface area contributed by atoms with Gasteiger partial charge in [-0.3, -0.25) is 4.98 Å². The van der Waals surface area contributed by atoms with Crippen LogP contribution in [0, 0.1) is 19.7 Å². The molecule has 0 atom stereocenters. The number of nitrogens with two attached hydrogens (primary N) is 1. The number of ether oxygens (including phenoxy) is 1. The second-order valence-corrected chi connectivity index (χ2v) is 5.04. The molecule has 0 radical (unpaired) electrons. The van der Waals surface area contributed by atoms with Crippen LogP contribution >= 0.6 is 0 Å². The van der Waals surface area contributed by atoms with E-state index < -0.39 is 0 Å². The summed E-state index contributed by atoms with van der Waals surface area (Å²) in [5.41, 5.74) is 8.05. The molecule has 2 aromatic carbocycles. The van der Waals surface area contributed by atoms with Crippen LogP contribution in [0.1, 0.15) is 11.3 Å². The predicted molar refractivity (Wildman–Crippen MR) is 82.1 cm³/mol. The van der Waals surface area contributed by atoms with E-state index in [2.05, 4.69) is 4.98 Å². The standard InChI is InChI=1S/C17H15FN2O/c1-10-3-4-12(8-15(10)18)21-17-6-5-16(19)14-9-20-11(2)7-13(14)17/h3-9H,19H2,1-2H3. The van der Waals surface area contributed by atoms with Crippen LogP contribution < -0.4 is 10.5 Å². The summed E-state index contributed by atoms with van der Waals surface area (Å²) in [5.74, 6) is 0.802. The molecule has 0 amide bonds. The highest BCUT2D eigenvalue weighted by Gasteiger charge is 2.08.